The third-order valence-corrected chi connectivity index (χ3v) is 3.05. The zero-order chi connectivity index (χ0) is 12.5. The third-order valence-electron chi connectivity index (χ3n) is 3.05. The van der Waals surface area contributed by atoms with E-state index in [0.717, 1.165) is 0 Å². The summed E-state index contributed by atoms with van der Waals surface area (Å²) in [4.78, 5) is 0. The molecule has 5 atom stereocenters. The lowest BCUT2D eigenvalue weighted by molar-refractivity contribution is -0.340. The predicted octanol–water partition coefficient (Wildman–Crippen LogP) is 0.498. The Morgan fingerprint density at radius 2 is 2.00 bits per heavy atom. The van der Waals surface area contributed by atoms with Gasteiger partial charge in [0.05, 0.1) is 6.61 Å². The van der Waals surface area contributed by atoms with Crippen molar-refractivity contribution in [1.82, 2.24) is 0 Å². The summed E-state index contributed by atoms with van der Waals surface area (Å²) < 4.78 is 33.1. The van der Waals surface area contributed by atoms with Crippen LogP contribution in [0, 0.1) is 0 Å². The predicted molar refractivity (Wildman–Crippen MR) is 57.3 cm³/mol. The average molecular weight is 248 g/mol. The van der Waals surface area contributed by atoms with Crippen molar-refractivity contribution in [2.24, 2.45) is 0 Å². The highest BCUT2D eigenvalue weighted by Gasteiger charge is 2.54. The quantitative estimate of drug-likeness (QED) is 0.722. The summed E-state index contributed by atoms with van der Waals surface area (Å²) in [5.74, 6) is -1.07. The molecule has 6 heteroatoms. The summed E-state index contributed by atoms with van der Waals surface area (Å²) in [5, 5.41) is 0. The van der Waals surface area contributed by atoms with Gasteiger partial charge in [-0.3, -0.25) is 4.74 Å². The van der Waals surface area contributed by atoms with Crippen molar-refractivity contribution in [2.75, 3.05) is 27.4 Å². The topological polar surface area (TPSA) is 55.4 Å². The summed E-state index contributed by atoms with van der Waals surface area (Å²) in [6.07, 6.45) is -1.19. The summed E-state index contributed by atoms with van der Waals surface area (Å²) >= 11 is 0. The number of methoxy groups -OCH3 is 2. The zero-order valence-electron chi connectivity index (χ0n) is 10.7. The molecule has 0 amide bonds. The Morgan fingerprint density at radius 1 is 1.24 bits per heavy atom. The van der Waals surface area contributed by atoms with Crippen LogP contribution < -0.4 is 0 Å². The number of fused-ring (bicyclic) bond motifs is 1. The van der Waals surface area contributed by atoms with Crippen molar-refractivity contribution in [3.63, 3.8) is 0 Å². The van der Waals surface area contributed by atoms with E-state index in [9.17, 15) is 0 Å². The van der Waals surface area contributed by atoms with E-state index >= 15 is 0 Å². The summed E-state index contributed by atoms with van der Waals surface area (Å²) in [6.45, 7) is 4.53. The lowest BCUT2D eigenvalue weighted by atomic mass is 10.1. The molecule has 2 heterocycles. The standard InChI is InChI=1S/C11H20O6/c1-5-15-11(2)16-9-8(13-4)7(12-3)6-14-10(9)17-11/h7-10H,5-6H2,1-4H3/t7-,8+,9-,10-,11?/m1/s1. The van der Waals surface area contributed by atoms with Crippen LogP contribution in [0.25, 0.3) is 0 Å². The Labute approximate surface area is 101 Å². The van der Waals surface area contributed by atoms with Crippen LogP contribution in [-0.4, -0.2) is 58.0 Å². The van der Waals surface area contributed by atoms with E-state index < -0.39 is 12.3 Å². The van der Waals surface area contributed by atoms with Crippen LogP contribution in [0.3, 0.4) is 0 Å². The van der Waals surface area contributed by atoms with Gasteiger partial charge in [-0.25, -0.2) is 0 Å². The van der Waals surface area contributed by atoms with Crippen molar-refractivity contribution >= 4 is 0 Å². The van der Waals surface area contributed by atoms with Crippen LogP contribution in [0.4, 0.5) is 0 Å². The molecule has 0 bridgehead atoms. The molecular weight excluding hydrogens is 228 g/mol. The van der Waals surface area contributed by atoms with Gasteiger partial charge >= 0.3 is 0 Å². The fraction of sp³-hybridized carbons (Fsp3) is 1.00. The van der Waals surface area contributed by atoms with E-state index in [4.69, 9.17) is 28.4 Å². The molecule has 0 spiro atoms. The summed E-state index contributed by atoms with van der Waals surface area (Å²) in [7, 11) is 3.25. The Kier molecular flexibility index (Phi) is 4.02. The van der Waals surface area contributed by atoms with Gasteiger partial charge in [-0.1, -0.05) is 0 Å². The van der Waals surface area contributed by atoms with Crippen LogP contribution >= 0.6 is 0 Å². The van der Waals surface area contributed by atoms with E-state index in [1.807, 2.05) is 6.92 Å². The van der Waals surface area contributed by atoms with Crippen molar-refractivity contribution in [3.8, 4) is 0 Å². The smallest absolute Gasteiger partial charge is 0.282 e. The third kappa shape index (κ3) is 2.47. The Bertz CT molecular complexity index is 260. The second-order valence-electron chi connectivity index (χ2n) is 4.17. The molecule has 0 saturated carbocycles. The largest absolute Gasteiger partial charge is 0.376 e. The van der Waals surface area contributed by atoms with Crippen molar-refractivity contribution in [1.29, 1.82) is 0 Å². The lowest BCUT2D eigenvalue weighted by Gasteiger charge is -2.35. The number of rotatable bonds is 4. The molecule has 1 unspecified atom stereocenters. The molecule has 100 valence electrons. The minimum Gasteiger partial charge on any atom is -0.376 e. The van der Waals surface area contributed by atoms with Gasteiger partial charge in [-0.15, -0.1) is 0 Å². The van der Waals surface area contributed by atoms with Gasteiger partial charge in [-0.05, 0) is 6.92 Å². The van der Waals surface area contributed by atoms with Crippen molar-refractivity contribution in [3.05, 3.63) is 0 Å². The highest BCUT2D eigenvalue weighted by Crippen LogP contribution is 2.36. The molecule has 0 aromatic heterocycles. The van der Waals surface area contributed by atoms with E-state index in [-0.39, 0.29) is 18.3 Å². The van der Waals surface area contributed by atoms with E-state index in [1.54, 1.807) is 21.1 Å². The monoisotopic (exact) mass is 248 g/mol. The van der Waals surface area contributed by atoms with Crippen molar-refractivity contribution in [2.45, 2.75) is 44.4 Å². The maximum absolute atomic E-state index is 5.75. The zero-order valence-corrected chi connectivity index (χ0v) is 10.7. The molecule has 6 nitrogen and oxygen atoms in total. The van der Waals surface area contributed by atoms with E-state index in [1.165, 1.54) is 0 Å². The van der Waals surface area contributed by atoms with Crippen LogP contribution in [0.2, 0.25) is 0 Å². The Balaban J connectivity index is 2.08. The molecule has 2 rings (SSSR count). The fourth-order valence-corrected chi connectivity index (χ4v) is 2.27. The second-order valence-corrected chi connectivity index (χ2v) is 4.17. The van der Waals surface area contributed by atoms with Crippen LogP contribution in [0.5, 0.6) is 0 Å². The minimum atomic E-state index is -1.07. The van der Waals surface area contributed by atoms with Gasteiger partial charge in [-0.2, -0.15) is 0 Å². The molecule has 2 saturated heterocycles. The highest BCUT2D eigenvalue weighted by molar-refractivity contribution is 4.90. The SMILES string of the molecule is CCOC1(C)O[C@H]2OC[C@@H](OC)[C@H](OC)[C@H]2O1. The van der Waals surface area contributed by atoms with Crippen LogP contribution in [0.15, 0.2) is 0 Å². The van der Waals surface area contributed by atoms with Gasteiger partial charge in [0, 0.05) is 27.8 Å². The first-order valence-electron chi connectivity index (χ1n) is 5.80. The van der Waals surface area contributed by atoms with Gasteiger partial charge < -0.3 is 23.7 Å². The number of hydrogen-bond donors (Lipinski definition) is 0. The summed E-state index contributed by atoms with van der Waals surface area (Å²) in [6, 6.07) is 0. The van der Waals surface area contributed by atoms with Gasteiger partial charge in [0.15, 0.2) is 6.29 Å². The second kappa shape index (κ2) is 5.17. The molecule has 2 fully saturated rings. The Morgan fingerprint density at radius 3 is 2.59 bits per heavy atom. The van der Waals surface area contributed by atoms with Gasteiger partial charge in [0.1, 0.15) is 18.3 Å². The minimum absolute atomic E-state index is 0.158. The first kappa shape index (κ1) is 13.2. The number of ether oxygens (including phenoxy) is 6. The lowest BCUT2D eigenvalue weighted by Crippen LogP contribution is -2.53. The molecule has 0 aliphatic carbocycles. The molecule has 0 radical (unpaired) electrons. The molecule has 17 heavy (non-hydrogen) atoms. The highest BCUT2D eigenvalue weighted by atomic mass is 16.9. The maximum Gasteiger partial charge on any atom is 0.282 e. The molecule has 0 N–H and O–H groups in total. The first-order valence-corrected chi connectivity index (χ1v) is 5.80. The maximum atomic E-state index is 5.75. The number of hydrogen-bond acceptors (Lipinski definition) is 6. The summed E-state index contributed by atoms with van der Waals surface area (Å²) in [5.41, 5.74) is 0. The molecule has 0 aromatic carbocycles. The fourth-order valence-electron chi connectivity index (χ4n) is 2.27. The van der Waals surface area contributed by atoms with Gasteiger partial charge in [0.25, 0.3) is 5.97 Å². The van der Waals surface area contributed by atoms with Crippen LogP contribution in [-0.2, 0) is 28.4 Å². The van der Waals surface area contributed by atoms with Crippen molar-refractivity contribution < 1.29 is 28.4 Å². The Hall–Kier alpha value is -0.240. The first-order chi connectivity index (χ1) is 8.13. The average Bonchev–Trinajstić information content (AvgIpc) is 2.64. The molecule has 0 aromatic rings. The molecule has 2 aliphatic rings. The molecule has 2 aliphatic heterocycles. The van der Waals surface area contributed by atoms with Crippen LogP contribution in [0.1, 0.15) is 13.8 Å². The van der Waals surface area contributed by atoms with Gasteiger partial charge in [0.2, 0.25) is 0 Å². The normalized spacial score (nSPS) is 45.9. The van der Waals surface area contributed by atoms with E-state index in [2.05, 4.69) is 0 Å². The molecular formula is C11H20O6. The van der Waals surface area contributed by atoms with E-state index in [0.29, 0.717) is 13.2 Å².